The lowest BCUT2D eigenvalue weighted by Gasteiger charge is -2.15. The molecule has 0 heterocycles. The molecule has 0 fully saturated rings. The molecule has 31 heavy (non-hydrogen) atoms. The highest BCUT2D eigenvalue weighted by Gasteiger charge is 2.20. The van der Waals surface area contributed by atoms with Crippen molar-refractivity contribution in [1.29, 1.82) is 0 Å². The van der Waals surface area contributed by atoms with Crippen LogP contribution in [0.1, 0.15) is 31.9 Å². The highest BCUT2D eigenvalue weighted by molar-refractivity contribution is 5.75. The van der Waals surface area contributed by atoms with Gasteiger partial charge in [-0.05, 0) is 67.8 Å². The maximum absolute atomic E-state index is 12.0. The average molecular weight is 429 g/mol. The maximum Gasteiger partial charge on any atom is 0.335 e. The normalized spacial score (nSPS) is 12.2. The lowest BCUT2D eigenvalue weighted by Crippen LogP contribution is -2.28. The fourth-order valence-electron chi connectivity index (χ4n) is 3.00. The predicted octanol–water partition coefficient (Wildman–Crippen LogP) is 4.70. The highest BCUT2D eigenvalue weighted by atomic mass is 16.6. The second-order valence-corrected chi connectivity index (χ2v) is 6.84. The van der Waals surface area contributed by atoms with Gasteiger partial charge >= 0.3 is 5.97 Å². The molecule has 0 aliphatic carbocycles. The van der Waals surface area contributed by atoms with E-state index in [4.69, 9.17) is 23.7 Å². The standard InChI is InChI=1S/C25H32O6/c1-6-29-24(25(26)30-7-2)14-19-8-10-21(11-9-19)31-13-12-18(3)20-15-22(27-4)17-23(16-20)28-5/h8-12,15-17,24H,6-7,13-14H2,1-5H3. The molecule has 2 aromatic rings. The summed E-state index contributed by atoms with van der Waals surface area (Å²) in [6.45, 7) is 6.88. The third-order valence-electron chi connectivity index (χ3n) is 4.71. The number of rotatable bonds is 12. The summed E-state index contributed by atoms with van der Waals surface area (Å²) in [7, 11) is 3.27. The molecule has 0 saturated heterocycles. The summed E-state index contributed by atoms with van der Waals surface area (Å²) >= 11 is 0. The second-order valence-electron chi connectivity index (χ2n) is 6.84. The summed E-state index contributed by atoms with van der Waals surface area (Å²) in [4.78, 5) is 12.0. The van der Waals surface area contributed by atoms with Crippen LogP contribution >= 0.6 is 0 Å². The Morgan fingerprint density at radius 2 is 1.58 bits per heavy atom. The van der Waals surface area contributed by atoms with E-state index in [1.54, 1.807) is 21.1 Å². The van der Waals surface area contributed by atoms with Gasteiger partial charge in [-0.3, -0.25) is 0 Å². The van der Waals surface area contributed by atoms with E-state index in [9.17, 15) is 4.79 Å². The summed E-state index contributed by atoms with van der Waals surface area (Å²) < 4.78 is 27.1. The molecule has 6 nitrogen and oxygen atoms in total. The molecule has 1 unspecified atom stereocenters. The minimum atomic E-state index is -0.595. The van der Waals surface area contributed by atoms with Gasteiger partial charge in [0.1, 0.15) is 23.9 Å². The number of methoxy groups -OCH3 is 2. The van der Waals surface area contributed by atoms with Crippen molar-refractivity contribution in [2.45, 2.75) is 33.3 Å². The van der Waals surface area contributed by atoms with Crippen molar-refractivity contribution >= 4 is 11.5 Å². The van der Waals surface area contributed by atoms with Gasteiger partial charge in [-0.15, -0.1) is 0 Å². The second kappa shape index (κ2) is 12.6. The maximum atomic E-state index is 12.0. The van der Waals surface area contributed by atoms with Crippen molar-refractivity contribution in [3.8, 4) is 17.2 Å². The third-order valence-corrected chi connectivity index (χ3v) is 4.71. The van der Waals surface area contributed by atoms with Gasteiger partial charge in [-0.25, -0.2) is 4.79 Å². The number of carbonyl (C=O) groups is 1. The Balaban J connectivity index is 1.96. The first-order chi connectivity index (χ1) is 15.0. The summed E-state index contributed by atoms with van der Waals surface area (Å²) in [5.74, 6) is 1.90. The topological polar surface area (TPSA) is 63.2 Å². The van der Waals surface area contributed by atoms with Gasteiger partial charge in [-0.2, -0.15) is 0 Å². The number of hydrogen-bond donors (Lipinski definition) is 0. The van der Waals surface area contributed by atoms with Crippen LogP contribution in [-0.4, -0.2) is 46.1 Å². The van der Waals surface area contributed by atoms with Crippen LogP contribution in [0.25, 0.3) is 5.57 Å². The Labute approximate surface area is 184 Å². The first-order valence-corrected chi connectivity index (χ1v) is 10.4. The molecule has 168 valence electrons. The Kier molecular flexibility index (Phi) is 9.91. The number of carbonyl (C=O) groups excluding carboxylic acids is 1. The summed E-state index contributed by atoms with van der Waals surface area (Å²) in [6, 6.07) is 13.4. The average Bonchev–Trinajstić information content (AvgIpc) is 2.79. The van der Waals surface area contributed by atoms with Gasteiger partial charge in [0.05, 0.1) is 20.8 Å². The predicted molar refractivity (Wildman–Crippen MR) is 121 cm³/mol. The van der Waals surface area contributed by atoms with Crippen LogP contribution in [0.15, 0.2) is 48.5 Å². The Bertz CT molecular complexity index is 835. The minimum absolute atomic E-state index is 0.334. The summed E-state index contributed by atoms with van der Waals surface area (Å²) in [6.07, 6.45) is 1.87. The third kappa shape index (κ3) is 7.64. The highest BCUT2D eigenvalue weighted by Crippen LogP contribution is 2.27. The number of ether oxygens (including phenoxy) is 5. The van der Waals surface area contributed by atoms with E-state index in [-0.39, 0.29) is 5.97 Å². The van der Waals surface area contributed by atoms with Gasteiger partial charge in [0, 0.05) is 19.1 Å². The van der Waals surface area contributed by atoms with E-state index in [0.717, 1.165) is 33.9 Å². The Morgan fingerprint density at radius 1 is 0.935 bits per heavy atom. The molecule has 0 aromatic heterocycles. The van der Waals surface area contributed by atoms with Crippen LogP contribution in [-0.2, 0) is 20.7 Å². The van der Waals surface area contributed by atoms with Crippen LogP contribution in [0, 0.1) is 0 Å². The molecular formula is C25H32O6. The molecule has 0 N–H and O–H groups in total. The van der Waals surface area contributed by atoms with Gasteiger partial charge in [-0.1, -0.05) is 12.1 Å². The van der Waals surface area contributed by atoms with Gasteiger partial charge in [0.15, 0.2) is 6.10 Å². The summed E-state index contributed by atoms with van der Waals surface area (Å²) in [5.41, 5.74) is 3.05. The molecule has 2 rings (SSSR count). The molecule has 0 bridgehead atoms. The van der Waals surface area contributed by atoms with E-state index >= 15 is 0 Å². The van der Waals surface area contributed by atoms with E-state index in [0.29, 0.717) is 26.2 Å². The SMILES string of the molecule is CCOC(=O)C(Cc1ccc(OCC=C(C)c2cc(OC)cc(OC)c2)cc1)OCC. The van der Waals surface area contributed by atoms with Gasteiger partial charge in [0.25, 0.3) is 0 Å². The molecule has 0 saturated carbocycles. The smallest absolute Gasteiger partial charge is 0.335 e. The fourth-order valence-corrected chi connectivity index (χ4v) is 3.00. The lowest BCUT2D eigenvalue weighted by molar-refractivity contribution is -0.156. The number of hydrogen-bond acceptors (Lipinski definition) is 6. The van der Waals surface area contributed by atoms with Crippen LogP contribution in [0.3, 0.4) is 0 Å². The van der Waals surface area contributed by atoms with Crippen LogP contribution in [0.5, 0.6) is 17.2 Å². The molecule has 2 aromatic carbocycles. The van der Waals surface area contributed by atoms with Crippen LogP contribution in [0.2, 0.25) is 0 Å². The van der Waals surface area contributed by atoms with E-state index < -0.39 is 6.10 Å². The Hall–Kier alpha value is -2.99. The fraction of sp³-hybridized carbons (Fsp3) is 0.400. The van der Waals surface area contributed by atoms with E-state index in [1.807, 2.05) is 62.4 Å². The molecule has 0 aliphatic heterocycles. The van der Waals surface area contributed by atoms with Crippen LogP contribution in [0.4, 0.5) is 0 Å². The van der Waals surface area contributed by atoms with Crippen molar-refractivity contribution in [2.24, 2.45) is 0 Å². The minimum Gasteiger partial charge on any atom is -0.497 e. The molecule has 0 aliphatic rings. The molecular weight excluding hydrogens is 396 g/mol. The zero-order valence-corrected chi connectivity index (χ0v) is 19.0. The number of benzene rings is 2. The first kappa shape index (κ1) is 24.3. The van der Waals surface area contributed by atoms with E-state index in [1.165, 1.54) is 0 Å². The Morgan fingerprint density at radius 3 is 2.13 bits per heavy atom. The monoisotopic (exact) mass is 428 g/mol. The van der Waals surface area contributed by atoms with Crippen molar-refractivity contribution < 1.29 is 28.5 Å². The van der Waals surface area contributed by atoms with Gasteiger partial charge < -0.3 is 23.7 Å². The largest absolute Gasteiger partial charge is 0.497 e. The van der Waals surface area contributed by atoms with Crippen molar-refractivity contribution in [1.82, 2.24) is 0 Å². The first-order valence-electron chi connectivity index (χ1n) is 10.4. The van der Waals surface area contributed by atoms with Crippen LogP contribution < -0.4 is 14.2 Å². The van der Waals surface area contributed by atoms with Crippen molar-refractivity contribution in [3.63, 3.8) is 0 Å². The molecule has 6 heteroatoms. The molecule has 0 spiro atoms. The zero-order valence-electron chi connectivity index (χ0n) is 19.0. The lowest BCUT2D eigenvalue weighted by atomic mass is 10.1. The summed E-state index contributed by atoms with van der Waals surface area (Å²) in [5, 5.41) is 0. The van der Waals surface area contributed by atoms with Crippen molar-refractivity contribution in [3.05, 3.63) is 59.7 Å². The number of esters is 1. The molecule has 0 amide bonds. The van der Waals surface area contributed by atoms with Gasteiger partial charge in [0.2, 0.25) is 0 Å². The molecule has 0 radical (unpaired) electrons. The number of allylic oxidation sites excluding steroid dienone is 1. The van der Waals surface area contributed by atoms with Crippen molar-refractivity contribution in [2.75, 3.05) is 34.0 Å². The van der Waals surface area contributed by atoms with E-state index in [2.05, 4.69) is 0 Å². The zero-order chi connectivity index (χ0) is 22.6. The quantitative estimate of drug-likeness (QED) is 0.457. The molecule has 1 atom stereocenters.